The Hall–Kier alpha value is -1.82. The van der Waals surface area contributed by atoms with Gasteiger partial charge in [-0.05, 0) is 31.1 Å². The Morgan fingerprint density at radius 2 is 1.76 bits per heavy atom. The topological polar surface area (TPSA) is 28.2 Å². The van der Waals surface area contributed by atoms with Gasteiger partial charge in [-0.2, -0.15) is 13.2 Å². The van der Waals surface area contributed by atoms with Crippen LogP contribution in [0.15, 0.2) is 30.3 Å². The molecule has 0 radical (unpaired) electrons. The van der Waals surface area contributed by atoms with Gasteiger partial charge in [-0.3, -0.25) is 4.90 Å². The van der Waals surface area contributed by atoms with Crippen molar-refractivity contribution in [3.05, 3.63) is 36.0 Å². The molecule has 1 aromatic carbocycles. The van der Waals surface area contributed by atoms with Crippen molar-refractivity contribution in [3.63, 3.8) is 0 Å². The highest BCUT2D eigenvalue weighted by Gasteiger charge is 2.33. The minimum atomic E-state index is -4.46. The van der Waals surface area contributed by atoms with Gasteiger partial charge in [0, 0.05) is 23.7 Å². The van der Waals surface area contributed by atoms with E-state index in [0.29, 0.717) is 29.1 Å². The zero-order valence-corrected chi connectivity index (χ0v) is 15.2. The number of anilines is 1. The Morgan fingerprint density at radius 1 is 1.12 bits per heavy atom. The lowest BCUT2D eigenvalue weighted by molar-refractivity contribution is -0.140. The van der Waals surface area contributed by atoms with Crippen LogP contribution >= 0.6 is 0 Å². The summed E-state index contributed by atoms with van der Waals surface area (Å²) in [5, 5.41) is 3.96. The molecule has 0 fully saturated rings. The van der Waals surface area contributed by atoms with Gasteiger partial charge in [0.15, 0.2) is 0 Å². The van der Waals surface area contributed by atoms with Crippen LogP contribution in [0.5, 0.6) is 0 Å². The molecule has 2 aromatic rings. The van der Waals surface area contributed by atoms with Gasteiger partial charge in [-0.1, -0.05) is 45.9 Å². The maximum Gasteiger partial charge on any atom is 0.433 e. The first-order valence-electron chi connectivity index (χ1n) is 8.72. The maximum atomic E-state index is 13.2. The number of fused-ring (bicyclic) bond motifs is 1. The lowest BCUT2D eigenvalue weighted by atomic mass is 10.0. The third kappa shape index (κ3) is 4.63. The standard InChI is InChI=1S/C19H26F3N3/c1-5-25(6-2)17(13(3)4)12-23-16-11-18(19(20,21)22)24-15-10-8-7-9-14(15)16/h7-11,13,17H,5-6,12H2,1-4H3,(H,23,24)/t17-/m1/s1. The van der Waals surface area contributed by atoms with Gasteiger partial charge in [-0.25, -0.2) is 4.98 Å². The molecule has 25 heavy (non-hydrogen) atoms. The molecular formula is C19H26F3N3. The third-order valence-electron chi connectivity index (χ3n) is 4.56. The second-order valence-corrected chi connectivity index (χ2v) is 6.48. The zero-order valence-electron chi connectivity index (χ0n) is 15.2. The Morgan fingerprint density at radius 3 is 2.32 bits per heavy atom. The summed E-state index contributed by atoms with van der Waals surface area (Å²) < 4.78 is 39.5. The van der Waals surface area contributed by atoms with Gasteiger partial charge in [-0.15, -0.1) is 0 Å². The van der Waals surface area contributed by atoms with Crippen LogP contribution in [0, 0.1) is 5.92 Å². The van der Waals surface area contributed by atoms with Crippen LogP contribution in [0.2, 0.25) is 0 Å². The minimum Gasteiger partial charge on any atom is -0.383 e. The van der Waals surface area contributed by atoms with E-state index in [1.54, 1.807) is 18.2 Å². The summed E-state index contributed by atoms with van der Waals surface area (Å²) in [5.41, 5.74) is -0.0304. The molecule has 1 heterocycles. The summed E-state index contributed by atoms with van der Waals surface area (Å²) in [5.74, 6) is 0.391. The average molecular weight is 353 g/mol. The normalized spacial score (nSPS) is 13.6. The number of alkyl halides is 3. The van der Waals surface area contributed by atoms with Crippen molar-refractivity contribution < 1.29 is 13.2 Å². The number of aromatic nitrogens is 1. The predicted octanol–water partition coefficient (Wildman–Crippen LogP) is 5.03. The van der Waals surface area contributed by atoms with Crippen molar-refractivity contribution in [2.45, 2.75) is 39.9 Å². The van der Waals surface area contributed by atoms with E-state index in [2.05, 4.69) is 42.9 Å². The molecular weight excluding hydrogens is 327 g/mol. The Bertz CT molecular complexity index is 694. The highest BCUT2D eigenvalue weighted by atomic mass is 19.4. The van der Waals surface area contributed by atoms with E-state index in [4.69, 9.17) is 0 Å². The molecule has 0 spiro atoms. The smallest absolute Gasteiger partial charge is 0.383 e. The van der Waals surface area contributed by atoms with Crippen LogP contribution < -0.4 is 5.32 Å². The van der Waals surface area contributed by atoms with E-state index in [9.17, 15) is 13.2 Å². The second kappa shape index (κ2) is 8.04. The van der Waals surface area contributed by atoms with E-state index in [-0.39, 0.29) is 6.04 Å². The quantitative estimate of drug-likeness (QED) is 0.756. The molecule has 0 bridgehead atoms. The molecule has 138 valence electrons. The number of para-hydroxylation sites is 1. The lowest BCUT2D eigenvalue weighted by Gasteiger charge is -2.33. The van der Waals surface area contributed by atoms with Gasteiger partial charge in [0.1, 0.15) is 5.69 Å². The van der Waals surface area contributed by atoms with Crippen molar-refractivity contribution in [2.75, 3.05) is 25.0 Å². The molecule has 0 aliphatic heterocycles. The number of pyridine rings is 1. The summed E-state index contributed by atoms with van der Waals surface area (Å²) in [6.07, 6.45) is -4.46. The van der Waals surface area contributed by atoms with Crippen molar-refractivity contribution in [3.8, 4) is 0 Å². The molecule has 2 rings (SSSR count). The van der Waals surface area contributed by atoms with E-state index in [1.807, 2.05) is 6.07 Å². The van der Waals surface area contributed by atoms with Gasteiger partial charge >= 0.3 is 6.18 Å². The highest BCUT2D eigenvalue weighted by Crippen LogP contribution is 2.33. The molecule has 0 unspecified atom stereocenters. The molecule has 1 aromatic heterocycles. The first kappa shape index (κ1) is 19.5. The SMILES string of the molecule is CCN(CC)[C@H](CNc1cc(C(F)(F)F)nc2ccccc12)C(C)C. The Labute approximate surface area is 147 Å². The fourth-order valence-corrected chi connectivity index (χ4v) is 3.16. The molecule has 0 aliphatic rings. The van der Waals surface area contributed by atoms with E-state index in [1.165, 1.54) is 0 Å². The van der Waals surface area contributed by atoms with E-state index >= 15 is 0 Å². The molecule has 0 saturated carbocycles. The fraction of sp³-hybridized carbons (Fsp3) is 0.526. The fourth-order valence-electron chi connectivity index (χ4n) is 3.16. The van der Waals surface area contributed by atoms with Crippen LogP contribution in [0.1, 0.15) is 33.4 Å². The summed E-state index contributed by atoms with van der Waals surface area (Å²) >= 11 is 0. The molecule has 3 nitrogen and oxygen atoms in total. The summed E-state index contributed by atoms with van der Waals surface area (Å²) in [6.45, 7) is 10.9. The van der Waals surface area contributed by atoms with Crippen molar-refractivity contribution in [1.82, 2.24) is 9.88 Å². The Kier molecular flexibility index (Phi) is 6.27. The van der Waals surface area contributed by atoms with Crippen LogP contribution in [0.3, 0.4) is 0 Å². The Balaban J connectivity index is 2.36. The maximum absolute atomic E-state index is 13.2. The van der Waals surface area contributed by atoms with Crippen molar-refractivity contribution in [2.24, 2.45) is 5.92 Å². The largest absolute Gasteiger partial charge is 0.433 e. The number of hydrogen-bond acceptors (Lipinski definition) is 3. The first-order chi connectivity index (χ1) is 11.8. The number of hydrogen-bond donors (Lipinski definition) is 1. The van der Waals surface area contributed by atoms with Gasteiger partial charge < -0.3 is 5.32 Å². The number of nitrogens with one attached hydrogen (secondary N) is 1. The summed E-state index contributed by atoms with van der Waals surface area (Å²) in [7, 11) is 0. The van der Waals surface area contributed by atoms with Gasteiger partial charge in [0.2, 0.25) is 0 Å². The van der Waals surface area contributed by atoms with Crippen LogP contribution in [0.4, 0.5) is 18.9 Å². The third-order valence-corrected chi connectivity index (χ3v) is 4.56. The monoisotopic (exact) mass is 353 g/mol. The minimum absolute atomic E-state index is 0.247. The zero-order chi connectivity index (χ0) is 18.6. The van der Waals surface area contributed by atoms with Crippen LogP contribution in [-0.2, 0) is 6.18 Å². The van der Waals surface area contributed by atoms with Gasteiger partial charge in [0.05, 0.1) is 5.52 Å². The lowest BCUT2D eigenvalue weighted by Crippen LogP contribution is -2.43. The summed E-state index contributed by atoms with van der Waals surface area (Å²) in [4.78, 5) is 6.09. The van der Waals surface area contributed by atoms with Crippen LogP contribution in [-0.4, -0.2) is 35.6 Å². The molecule has 1 N–H and O–H groups in total. The number of nitrogens with zero attached hydrogens (tertiary/aromatic N) is 2. The molecule has 0 saturated heterocycles. The van der Waals surface area contributed by atoms with Crippen molar-refractivity contribution >= 4 is 16.6 Å². The molecule has 6 heteroatoms. The predicted molar refractivity (Wildman–Crippen MR) is 96.8 cm³/mol. The van der Waals surface area contributed by atoms with Gasteiger partial charge in [0.25, 0.3) is 0 Å². The number of rotatable bonds is 7. The van der Waals surface area contributed by atoms with E-state index in [0.717, 1.165) is 19.2 Å². The van der Waals surface area contributed by atoms with Crippen LogP contribution in [0.25, 0.3) is 10.9 Å². The number of halogens is 3. The highest BCUT2D eigenvalue weighted by molar-refractivity contribution is 5.91. The first-order valence-corrected chi connectivity index (χ1v) is 8.72. The average Bonchev–Trinajstić information content (AvgIpc) is 2.57. The number of benzene rings is 1. The molecule has 0 amide bonds. The summed E-state index contributed by atoms with van der Waals surface area (Å²) in [6, 6.07) is 8.28. The molecule has 1 atom stereocenters. The molecule has 0 aliphatic carbocycles. The second-order valence-electron chi connectivity index (χ2n) is 6.48. The number of likely N-dealkylation sites (N-methyl/N-ethyl adjacent to an activating group) is 1. The van der Waals surface area contributed by atoms with Crippen molar-refractivity contribution in [1.29, 1.82) is 0 Å². The van der Waals surface area contributed by atoms with E-state index < -0.39 is 11.9 Å².